The Hall–Kier alpha value is -0.600. The van der Waals surface area contributed by atoms with Gasteiger partial charge in [0, 0.05) is 11.1 Å². The molecule has 1 aliphatic rings. The van der Waals surface area contributed by atoms with Crippen LogP contribution in [0.15, 0.2) is 18.2 Å². The van der Waals surface area contributed by atoms with Crippen LogP contribution in [0.3, 0.4) is 0 Å². The predicted octanol–water partition coefficient (Wildman–Crippen LogP) is 3.28. The fourth-order valence-corrected chi connectivity index (χ4v) is 2.12. The summed E-state index contributed by atoms with van der Waals surface area (Å²) in [5.41, 5.74) is 6.92. The van der Waals surface area contributed by atoms with Gasteiger partial charge in [0.05, 0.1) is 0 Å². The number of halogens is 2. The fourth-order valence-electron chi connectivity index (χ4n) is 1.82. The topological polar surface area (TPSA) is 26.0 Å². The summed E-state index contributed by atoms with van der Waals surface area (Å²) < 4.78 is 12.8. The minimum Gasteiger partial charge on any atom is -0.324 e. The van der Waals surface area contributed by atoms with E-state index in [0.29, 0.717) is 10.9 Å². The van der Waals surface area contributed by atoms with Crippen molar-refractivity contribution in [3.05, 3.63) is 34.6 Å². The third-order valence-corrected chi connectivity index (χ3v) is 3.31. The molecule has 2 N–H and O–H groups in total. The molecule has 0 aromatic heterocycles. The lowest BCUT2D eigenvalue weighted by Crippen LogP contribution is -2.27. The molecule has 0 saturated heterocycles. The molecule has 0 radical (unpaired) electrons. The zero-order valence-corrected chi connectivity index (χ0v) is 8.60. The van der Waals surface area contributed by atoms with Crippen molar-refractivity contribution in [1.29, 1.82) is 0 Å². The Balaban J connectivity index is 2.22. The van der Waals surface area contributed by atoms with Gasteiger partial charge in [-0.05, 0) is 36.5 Å². The van der Waals surface area contributed by atoms with Gasteiger partial charge < -0.3 is 5.73 Å². The zero-order chi connectivity index (χ0) is 10.1. The smallest absolute Gasteiger partial charge is 0.124 e. The summed E-state index contributed by atoms with van der Waals surface area (Å²) in [5.74, 6) is 0.220. The monoisotopic (exact) mass is 213 g/mol. The summed E-state index contributed by atoms with van der Waals surface area (Å²) in [7, 11) is 0. The van der Waals surface area contributed by atoms with E-state index in [1.54, 1.807) is 6.07 Å². The van der Waals surface area contributed by atoms with Crippen LogP contribution < -0.4 is 5.73 Å². The first-order valence-corrected chi connectivity index (χ1v) is 5.27. The second-order valence-corrected chi connectivity index (χ2v) is 4.29. The lowest BCUT2D eigenvalue weighted by atomic mass is 9.77. The standard InChI is InChI=1S/C11H13ClFN/c12-10-6-8(13)4-5-9(10)11(14)7-2-1-3-7/h4-7,11H,1-3,14H2. The van der Waals surface area contributed by atoms with E-state index in [1.807, 2.05) is 0 Å². The molecule has 3 heteroatoms. The van der Waals surface area contributed by atoms with Crippen molar-refractivity contribution in [3.8, 4) is 0 Å². The van der Waals surface area contributed by atoms with Crippen LogP contribution in [0.2, 0.25) is 5.02 Å². The van der Waals surface area contributed by atoms with Gasteiger partial charge in [-0.15, -0.1) is 0 Å². The maximum absolute atomic E-state index is 12.8. The van der Waals surface area contributed by atoms with Crippen molar-refractivity contribution >= 4 is 11.6 Å². The second-order valence-electron chi connectivity index (χ2n) is 3.88. The Morgan fingerprint density at radius 3 is 2.64 bits per heavy atom. The van der Waals surface area contributed by atoms with Gasteiger partial charge in [-0.1, -0.05) is 24.1 Å². The molecule has 0 bridgehead atoms. The van der Waals surface area contributed by atoms with Gasteiger partial charge in [-0.25, -0.2) is 4.39 Å². The number of hydrogen-bond acceptors (Lipinski definition) is 1. The van der Waals surface area contributed by atoms with E-state index in [-0.39, 0.29) is 11.9 Å². The van der Waals surface area contributed by atoms with Gasteiger partial charge in [0.15, 0.2) is 0 Å². The minimum absolute atomic E-state index is 0.0307. The summed E-state index contributed by atoms with van der Waals surface area (Å²) in [4.78, 5) is 0. The normalized spacial score (nSPS) is 19.1. The molecule has 1 unspecified atom stereocenters. The molecule has 1 aromatic carbocycles. The third kappa shape index (κ3) is 1.77. The molecule has 76 valence electrons. The molecule has 1 aromatic rings. The van der Waals surface area contributed by atoms with E-state index < -0.39 is 0 Å². The van der Waals surface area contributed by atoms with Crippen molar-refractivity contribution in [3.63, 3.8) is 0 Å². The van der Waals surface area contributed by atoms with Gasteiger partial charge in [0.1, 0.15) is 5.82 Å². The predicted molar refractivity (Wildman–Crippen MR) is 55.7 cm³/mol. The molecular formula is C11H13ClFN. The molecule has 0 aliphatic heterocycles. The quantitative estimate of drug-likeness (QED) is 0.802. The summed E-state index contributed by atoms with van der Waals surface area (Å²) >= 11 is 5.93. The SMILES string of the molecule is NC(c1ccc(F)cc1Cl)C1CCC1. The number of rotatable bonds is 2. The molecule has 0 amide bonds. The van der Waals surface area contributed by atoms with E-state index in [4.69, 9.17) is 17.3 Å². The molecule has 1 nitrogen and oxygen atoms in total. The maximum Gasteiger partial charge on any atom is 0.124 e. The average Bonchev–Trinajstić information content (AvgIpc) is 2.00. The molecule has 0 heterocycles. The Morgan fingerprint density at radius 2 is 2.14 bits per heavy atom. The lowest BCUT2D eigenvalue weighted by molar-refractivity contribution is 0.264. The van der Waals surface area contributed by atoms with Crippen LogP contribution in [0.1, 0.15) is 30.9 Å². The first kappa shape index (κ1) is 9.94. The molecule has 2 rings (SSSR count). The van der Waals surface area contributed by atoms with Crippen LogP contribution >= 0.6 is 11.6 Å². The van der Waals surface area contributed by atoms with Gasteiger partial charge >= 0.3 is 0 Å². The highest BCUT2D eigenvalue weighted by Crippen LogP contribution is 2.38. The summed E-state index contributed by atoms with van der Waals surface area (Å²) in [6.07, 6.45) is 3.57. The van der Waals surface area contributed by atoms with E-state index in [9.17, 15) is 4.39 Å². The Bertz CT molecular complexity index is 336. The maximum atomic E-state index is 12.8. The number of hydrogen-bond donors (Lipinski definition) is 1. The van der Waals surface area contributed by atoms with Crippen molar-refractivity contribution in [2.45, 2.75) is 25.3 Å². The van der Waals surface area contributed by atoms with Crippen LogP contribution in [0.5, 0.6) is 0 Å². The number of benzene rings is 1. The van der Waals surface area contributed by atoms with E-state index in [0.717, 1.165) is 18.4 Å². The average molecular weight is 214 g/mol. The Morgan fingerprint density at radius 1 is 1.43 bits per heavy atom. The Labute approximate surface area is 88.1 Å². The molecule has 1 aliphatic carbocycles. The van der Waals surface area contributed by atoms with Crippen molar-refractivity contribution in [1.82, 2.24) is 0 Å². The fraction of sp³-hybridized carbons (Fsp3) is 0.455. The zero-order valence-electron chi connectivity index (χ0n) is 7.84. The van der Waals surface area contributed by atoms with Gasteiger partial charge in [-0.2, -0.15) is 0 Å². The van der Waals surface area contributed by atoms with Crippen LogP contribution in [-0.4, -0.2) is 0 Å². The molecule has 1 saturated carbocycles. The second kappa shape index (κ2) is 3.87. The van der Waals surface area contributed by atoms with Crippen molar-refractivity contribution in [2.24, 2.45) is 11.7 Å². The van der Waals surface area contributed by atoms with E-state index in [2.05, 4.69) is 0 Å². The van der Waals surface area contributed by atoms with Crippen molar-refractivity contribution < 1.29 is 4.39 Å². The number of nitrogens with two attached hydrogens (primary N) is 1. The highest BCUT2D eigenvalue weighted by Gasteiger charge is 2.26. The van der Waals surface area contributed by atoms with Gasteiger partial charge in [0.25, 0.3) is 0 Å². The minimum atomic E-state index is -0.306. The molecule has 0 spiro atoms. The third-order valence-electron chi connectivity index (χ3n) is 2.98. The highest BCUT2D eigenvalue weighted by atomic mass is 35.5. The van der Waals surface area contributed by atoms with E-state index >= 15 is 0 Å². The van der Waals surface area contributed by atoms with Gasteiger partial charge in [-0.3, -0.25) is 0 Å². The summed E-state index contributed by atoms with van der Waals surface area (Å²) in [6.45, 7) is 0. The molecular weight excluding hydrogens is 201 g/mol. The highest BCUT2D eigenvalue weighted by molar-refractivity contribution is 6.31. The Kier molecular flexibility index (Phi) is 2.75. The molecule has 1 fully saturated rings. The summed E-state index contributed by atoms with van der Waals surface area (Å²) in [5, 5.41) is 0.449. The lowest BCUT2D eigenvalue weighted by Gasteiger charge is -2.31. The van der Waals surface area contributed by atoms with Crippen LogP contribution in [0, 0.1) is 11.7 Å². The molecule has 1 atom stereocenters. The first-order valence-electron chi connectivity index (χ1n) is 4.89. The summed E-state index contributed by atoms with van der Waals surface area (Å²) in [6, 6.07) is 4.41. The van der Waals surface area contributed by atoms with Crippen LogP contribution in [-0.2, 0) is 0 Å². The van der Waals surface area contributed by atoms with E-state index in [1.165, 1.54) is 18.6 Å². The van der Waals surface area contributed by atoms with Crippen molar-refractivity contribution in [2.75, 3.05) is 0 Å². The van der Waals surface area contributed by atoms with Crippen LogP contribution in [0.25, 0.3) is 0 Å². The molecule has 14 heavy (non-hydrogen) atoms. The van der Waals surface area contributed by atoms with Gasteiger partial charge in [0.2, 0.25) is 0 Å². The largest absolute Gasteiger partial charge is 0.324 e. The van der Waals surface area contributed by atoms with Crippen LogP contribution in [0.4, 0.5) is 4.39 Å². The first-order chi connectivity index (χ1) is 6.68.